The van der Waals surface area contributed by atoms with E-state index in [0.717, 1.165) is 24.2 Å². The van der Waals surface area contributed by atoms with E-state index in [1.54, 1.807) is 24.9 Å². The Kier molecular flexibility index (Phi) is 6.54. The minimum absolute atomic E-state index is 0.219. The molecule has 0 aliphatic rings. The van der Waals surface area contributed by atoms with Gasteiger partial charge < -0.3 is 14.6 Å². The number of aryl methyl sites for hydroxylation is 1. The van der Waals surface area contributed by atoms with Crippen molar-refractivity contribution in [1.29, 1.82) is 0 Å². The number of hydrogen-bond acceptors (Lipinski definition) is 5. The Morgan fingerprint density at radius 2 is 1.76 bits per heavy atom. The summed E-state index contributed by atoms with van der Waals surface area (Å²) in [4.78, 5) is 17.8. The number of ether oxygens (including phenoxy) is 2. The molecule has 0 spiro atoms. The van der Waals surface area contributed by atoms with Crippen LogP contribution in [0.3, 0.4) is 0 Å². The number of nitrogens with zero attached hydrogens (tertiary/aromatic N) is 2. The van der Waals surface area contributed by atoms with Crippen molar-refractivity contribution in [2.45, 2.75) is 32.6 Å². The number of aromatic nitrogens is 2. The van der Waals surface area contributed by atoms with Crippen LogP contribution in [-0.4, -0.2) is 28.9 Å². The number of benzene rings is 2. The second kappa shape index (κ2) is 9.28. The Morgan fingerprint density at radius 1 is 1.03 bits per heavy atom. The molecule has 29 heavy (non-hydrogen) atoms. The zero-order valence-corrected chi connectivity index (χ0v) is 17.0. The SMILES string of the molecule is CCCCc1nc(O)c(Cc2ccc(OC)cc2)c(=O)n1-c1ccccc1OC. The molecular formula is C23H26N2O4. The van der Waals surface area contributed by atoms with Gasteiger partial charge in [-0.1, -0.05) is 37.6 Å². The maximum absolute atomic E-state index is 13.5. The summed E-state index contributed by atoms with van der Waals surface area (Å²) >= 11 is 0. The lowest BCUT2D eigenvalue weighted by Crippen LogP contribution is -2.27. The van der Waals surface area contributed by atoms with E-state index in [9.17, 15) is 9.90 Å². The van der Waals surface area contributed by atoms with Crippen molar-refractivity contribution in [2.24, 2.45) is 0 Å². The number of para-hydroxylation sites is 2. The molecule has 0 saturated heterocycles. The fraction of sp³-hybridized carbons (Fsp3) is 0.304. The van der Waals surface area contributed by atoms with Gasteiger partial charge >= 0.3 is 0 Å². The largest absolute Gasteiger partial charge is 0.497 e. The highest BCUT2D eigenvalue weighted by atomic mass is 16.5. The normalized spacial score (nSPS) is 10.7. The van der Waals surface area contributed by atoms with E-state index in [4.69, 9.17) is 9.47 Å². The van der Waals surface area contributed by atoms with Gasteiger partial charge in [-0.2, -0.15) is 4.98 Å². The lowest BCUT2D eigenvalue weighted by Gasteiger charge is -2.17. The second-order valence-corrected chi connectivity index (χ2v) is 6.77. The van der Waals surface area contributed by atoms with Crippen LogP contribution in [0.5, 0.6) is 17.4 Å². The Morgan fingerprint density at radius 3 is 2.41 bits per heavy atom. The lowest BCUT2D eigenvalue weighted by atomic mass is 10.1. The van der Waals surface area contributed by atoms with Gasteiger partial charge in [-0.25, -0.2) is 0 Å². The van der Waals surface area contributed by atoms with Crippen LogP contribution in [-0.2, 0) is 12.8 Å². The summed E-state index contributed by atoms with van der Waals surface area (Å²) < 4.78 is 12.2. The molecule has 0 bridgehead atoms. The van der Waals surface area contributed by atoms with Crippen molar-refractivity contribution in [2.75, 3.05) is 14.2 Å². The van der Waals surface area contributed by atoms with Gasteiger partial charge in [0.2, 0.25) is 5.88 Å². The highest BCUT2D eigenvalue weighted by molar-refractivity contribution is 5.48. The first kappa shape index (κ1) is 20.5. The molecule has 0 radical (unpaired) electrons. The minimum Gasteiger partial charge on any atom is -0.497 e. The summed E-state index contributed by atoms with van der Waals surface area (Å²) in [6.07, 6.45) is 2.67. The van der Waals surface area contributed by atoms with Crippen molar-refractivity contribution in [1.82, 2.24) is 9.55 Å². The van der Waals surface area contributed by atoms with Gasteiger partial charge in [-0.15, -0.1) is 0 Å². The third kappa shape index (κ3) is 4.42. The highest BCUT2D eigenvalue weighted by Gasteiger charge is 2.19. The molecule has 3 aromatic rings. The third-order valence-electron chi connectivity index (χ3n) is 4.84. The van der Waals surface area contributed by atoms with Crippen molar-refractivity contribution in [3.8, 4) is 23.1 Å². The molecule has 6 nitrogen and oxygen atoms in total. The summed E-state index contributed by atoms with van der Waals surface area (Å²) in [5, 5.41) is 10.6. The van der Waals surface area contributed by atoms with Crippen molar-refractivity contribution < 1.29 is 14.6 Å². The summed E-state index contributed by atoms with van der Waals surface area (Å²) in [7, 11) is 3.17. The quantitative estimate of drug-likeness (QED) is 0.627. The molecule has 1 N–H and O–H groups in total. The molecule has 0 amide bonds. The zero-order valence-electron chi connectivity index (χ0n) is 17.0. The molecule has 152 valence electrons. The standard InChI is InChI=1S/C23H26N2O4/c1-4-5-10-21-24-22(26)18(15-16-11-13-17(28-2)14-12-16)23(27)25(21)19-8-6-7-9-20(19)29-3/h6-9,11-14,26H,4-5,10,15H2,1-3H3. The number of hydrogen-bond donors (Lipinski definition) is 1. The third-order valence-corrected chi connectivity index (χ3v) is 4.84. The number of rotatable bonds is 8. The molecule has 1 heterocycles. The van der Waals surface area contributed by atoms with Crippen LogP contribution in [0.15, 0.2) is 53.3 Å². The van der Waals surface area contributed by atoms with E-state index in [-0.39, 0.29) is 23.4 Å². The predicted molar refractivity (Wildman–Crippen MR) is 112 cm³/mol. The minimum atomic E-state index is -0.288. The van der Waals surface area contributed by atoms with E-state index in [0.29, 0.717) is 23.7 Å². The molecule has 0 fully saturated rings. The van der Waals surface area contributed by atoms with Crippen LogP contribution in [0.4, 0.5) is 0 Å². The molecular weight excluding hydrogens is 368 g/mol. The summed E-state index contributed by atoms with van der Waals surface area (Å²) in [5.41, 5.74) is 1.47. The number of unbranched alkanes of at least 4 members (excludes halogenated alkanes) is 1. The molecule has 0 atom stereocenters. The molecule has 0 saturated carbocycles. The van der Waals surface area contributed by atoms with Gasteiger partial charge in [0.15, 0.2) is 0 Å². The van der Waals surface area contributed by atoms with Gasteiger partial charge in [0.25, 0.3) is 5.56 Å². The number of aromatic hydroxyl groups is 1. The average Bonchev–Trinajstić information content (AvgIpc) is 2.75. The van der Waals surface area contributed by atoms with E-state index >= 15 is 0 Å². The lowest BCUT2D eigenvalue weighted by molar-refractivity contribution is 0.410. The van der Waals surface area contributed by atoms with Gasteiger partial charge in [0.05, 0.1) is 25.5 Å². The molecule has 0 unspecified atom stereocenters. The predicted octanol–water partition coefficient (Wildman–Crippen LogP) is 3.89. The van der Waals surface area contributed by atoms with Gasteiger partial charge in [-0.3, -0.25) is 9.36 Å². The molecule has 2 aromatic carbocycles. The highest BCUT2D eigenvalue weighted by Crippen LogP contribution is 2.25. The molecule has 0 aliphatic carbocycles. The van der Waals surface area contributed by atoms with Crippen LogP contribution < -0.4 is 15.0 Å². The maximum Gasteiger partial charge on any atom is 0.265 e. The average molecular weight is 394 g/mol. The monoisotopic (exact) mass is 394 g/mol. The molecule has 6 heteroatoms. The summed E-state index contributed by atoms with van der Waals surface area (Å²) in [6, 6.07) is 14.7. The van der Waals surface area contributed by atoms with Gasteiger partial charge in [-0.05, 0) is 36.2 Å². The summed E-state index contributed by atoms with van der Waals surface area (Å²) in [6.45, 7) is 2.07. The molecule has 0 aliphatic heterocycles. The van der Waals surface area contributed by atoms with Crippen LogP contribution in [0, 0.1) is 0 Å². The Balaban J connectivity index is 2.14. The van der Waals surface area contributed by atoms with Crippen molar-refractivity contribution in [3.05, 3.63) is 75.8 Å². The van der Waals surface area contributed by atoms with E-state index in [1.165, 1.54) is 0 Å². The van der Waals surface area contributed by atoms with Gasteiger partial charge in [0.1, 0.15) is 17.3 Å². The fourth-order valence-electron chi connectivity index (χ4n) is 3.26. The Labute approximate surface area is 170 Å². The van der Waals surface area contributed by atoms with E-state index in [1.807, 2.05) is 42.5 Å². The van der Waals surface area contributed by atoms with Crippen LogP contribution >= 0.6 is 0 Å². The topological polar surface area (TPSA) is 73.6 Å². The Bertz CT molecular complexity index is 1030. The first-order chi connectivity index (χ1) is 14.1. The smallest absolute Gasteiger partial charge is 0.265 e. The molecule has 1 aromatic heterocycles. The first-order valence-electron chi connectivity index (χ1n) is 9.69. The Hall–Kier alpha value is -3.28. The van der Waals surface area contributed by atoms with Crippen LogP contribution in [0.1, 0.15) is 36.7 Å². The van der Waals surface area contributed by atoms with E-state index in [2.05, 4.69) is 11.9 Å². The van der Waals surface area contributed by atoms with Crippen molar-refractivity contribution in [3.63, 3.8) is 0 Å². The van der Waals surface area contributed by atoms with Crippen LogP contribution in [0.25, 0.3) is 5.69 Å². The second-order valence-electron chi connectivity index (χ2n) is 6.77. The van der Waals surface area contributed by atoms with Gasteiger partial charge in [0, 0.05) is 12.8 Å². The van der Waals surface area contributed by atoms with Crippen molar-refractivity contribution >= 4 is 0 Å². The fourth-order valence-corrected chi connectivity index (χ4v) is 3.26. The molecule has 3 rings (SSSR count). The number of methoxy groups -OCH3 is 2. The van der Waals surface area contributed by atoms with E-state index < -0.39 is 0 Å². The maximum atomic E-state index is 13.5. The summed E-state index contributed by atoms with van der Waals surface area (Å²) in [5.74, 6) is 1.62. The van der Waals surface area contributed by atoms with Crippen LogP contribution in [0.2, 0.25) is 0 Å². The first-order valence-corrected chi connectivity index (χ1v) is 9.69. The zero-order chi connectivity index (χ0) is 20.8.